The van der Waals surface area contributed by atoms with Gasteiger partial charge in [-0.25, -0.2) is 0 Å². The minimum absolute atomic E-state index is 0.118. The van der Waals surface area contributed by atoms with Gasteiger partial charge in [-0.1, -0.05) is 30.0 Å². The summed E-state index contributed by atoms with van der Waals surface area (Å²) in [5.74, 6) is 0. The Balaban J connectivity index is 2.15. The van der Waals surface area contributed by atoms with Crippen molar-refractivity contribution in [3.63, 3.8) is 0 Å². The molecule has 1 aromatic carbocycles. The first-order valence-corrected chi connectivity index (χ1v) is 9.12. The quantitative estimate of drug-likeness (QED) is 0.713. The van der Waals surface area contributed by atoms with Crippen molar-refractivity contribution in [2.75, 3.05) is 6.61 Å². The van der Waals surface area contributed by atoms with Crippen LogP contribution in [0, 0.1) is 0 Å². The molecule has 122 valence electrons. The normalized spacial score (nSPS) is 18.9. The number of benzene rings is 1. The van der Waals surface area contributed by atoms with Crippen LogP contribution in [-0.2, 0) is 14.0 Å². The van der Waals surface area contributed by atoms with E-state index < -0.39 is 0 Å². The van der Waals surface area contributed by atoms with Crippen molar-refractivity contribution in [2.24, 2.45) is 0 Å². The third-order valence-electron chi connectivity index (χ3n) is 3.36. The zero-order valence-electron chi connectivity index (χ0n) is 14.1. The van der Waals surface area contributed by atoms with Crippen LogP contribution in [0.1, 0.15) is 47.0 Å². The smallest absolute Gasteiger partial charge is 0.405 e. The zero-order valence-corrected chi connectivity index (χ0v) is 14.9. The van der Waals surface area contributed by atoms with E-state index in [1.165, 1.54) is 17.7 Å². The fraction of sp³-hybridized carbons (Fsp3) is 0.647. The predicted molar refractivity (Wildman–Crippen MR) is 93.7 cm³/mol. The number of ether oxygens (including phenoxy) is 1. The summed E-state index contributed by atoms with van der Waals surface area (Å²) >= 11 is 1.79. The fourth-order valence-corrected chi connectivity index (χ4v) is 3.59. The van der Waals surface area contributed by atoms with Gasteiger partial charge in [-0.3, -0.25) is 0 Å². The SMILES string of the molecule is CC(C)OB(OC(C)C)c1ccccc1SC1CCCCO1. The van der Waals surface area contributed by atoms with Crippen molar-refractivity contribution in [1.82, 2.24) is 0 Å². The van der Waals surface area contributed by atoms with Gasteiger partial charge in [-0.2, -0.15) is 0 Å². The molecule has 1 heterocycles. The summed E-state index contributed by atoms with van der Waals surface area (Å²) in [4.78, 5) is 1.20. The van der Waals surface area contributed by atoms with Gasteiger partial charge in [0.1, 0.15) is 5.44 Å². The van der Waals surface area contributed by atoms with Gasteiger partial charge >= 0.3 is 7.12 Å². The third-order valence-corrected chi connectivity index (χ3v) is 4.62. The zero-order chi connectivity index (χ0) is 15.9. The summed E-state index contributed by atoms with van der Waals surface area (Å²) in [7, 11) is -0.327. The predicted octanol–water partition coefficient (Wildman–Crippen LogP) is 3.85. The molecule has 1 aliphatic rings. The maximum atomic E-state index is 6.00. The Bertz CT molecular complexity index is 437. The minimum Gasteiger partial charge on any atom is -0.405 e. The van der Waals surface area contributed by atoms with Gasteiger partial charge in [0, 0.05) is 23.7 Å². The molecule has 0 bridgehead atoms. The number of hydrogen-bond acceptors (Lipinski definition) is 4. The van der Waals surface area contributed by atoms with Crippen LogP contribution in [0.5, 0.6) is 0 Å². The van der Waals surface area contributed by atoms with E-state index in [0.29, 0.717) is 0 Å². The molecule has 22 heavy (non-hydrogen) atoms. The lowest BCUT2D eigenvalue weighted by Crippen LogP contribution is -2.42. The standard InChI is InChI=1S/C17H27BO3S/c1-13(2)20-18(21-14(3)4)15-9-5-6-10-16(15)22-17-11-7-8-12-19-17/h5-6,9-10,13-14,17H,7-8,11-12H2,1-4H3. The van der Waals surface area contributed by atoms with Gasteiger partial charge in [0.2, 0.25) is 0 Å². The highest BCUT2D eigenvalue weighted by Crippen LogP contribution is 2.29. The van der Waals surface area contributed by atoms with Crippen LogP contribution >= 0.6 is 11.8 Å². The van der Waals surface area contributed by atoms with Crippen LogP contribution in [0.25, 0.3) is 0 Å². The minimum atomic E-state index is -0.327. The van der Waals surface area contributed by atoms with Crippen LogP contribution in [0.3, 0.4) is 0 Å². The molecule has 0 amide bonds. The van der Waals surface area contributed by atoms with Crippen molar-refractivity contribution >= 4 is 24.3 Å². The van der Waals surface area contributed by atoms with Crippen molar-refractivity contribution in [1.29, 1.82) is 0 Å². The largest absolute Gasteiger partial charge is 0.495 e. The Kier molecular flexibility index (Phi) is 7.28. The Morgan fingerprint density at radius 3 is 2.36 bits per heavy atom. The third kappa shape index (κ3) is 5.62. The van der Waals surface area contributed by atoms with Crippen molar-refractivity contribution in [3.05, 3.63) is 24.3 Å². The van der Waals surface area contributed by atoms with E-state index in [1.54, 1.807) is 11.8 Å². The van der Waals surface area contributed by atoms with Crippen LogP contribution in [0.4, 0.5) is 0 Å². The second-order valence-electron chi connectivity index (χ2n) is 6.15. The molecule has 5 heteroatoms. The highest BCUT2D eigenvalue weighted by Gasteiger charge is 2.28. The molecule has 1 aromatic rings. The molecule has 0 aliphatic carbocycles. The Morgan fingerprint density at radius 1 is 1.09 bits per heavy atom. The van der Waals surface area contributed by atoms with Gasteiger partial charge in [0.15, 0.2) is 0 Å². The molecule has 1 fully saturated rings. The van der Waals surface area contributed by atoms with Gasteiger partial charge in [0.25, 0.3) is 0 Å². The first-order chi connectivity index (χ1) is 10.6. The lowest BCUT2D eigenvalue weighted by atomic mass is 9.78. The molecule has 1 aliphatic heterocycles. The van der Waals surface area contributed by atoms with E-state index in [-0.39, 0.29) is 24.8 Å². The molecule has 0 spiro atoms. The fourth-order valence-electron chi connectivity index (χ4n) is 2.40. The maximum Gasteiger partial charge on any atom is 0.495 e. The van der Waals surface area contributed by atoms with Gasteiger partial charge in [-0.05, 0) is 58.5 Å². The lowest BCUT2D eigenvalue weighted by molar-refractivity contribution is 0.0728. The lowest BCUT2D eigenvalue weighted by Gasteiger charge is -2.25. The summed E-state index contributed by atoms with van der Waals surface area (Å²) in [5, 5.41) is 0. The van der Waals surface area contributed by atoms with Gasteiger partial charge in [-0.15, -0.1) is 0 Å². The monoisotopic (exact) mass is 322 g/mol. The molecule has 0 saturated carbocycles. The second kappa shape index (κ2) is 8.97. The average Bonchev–Trinajstić information content (AvgIpc) is 2.47. The molecule has 3 nitrogen and oxygen atoms in total. The van der Waals surface area contributed by atoms with Gasteiger partial charge in [0.05, 0.1) is 0 Å². The van der Waals surface area contributed by atoms with Crippen molar-refractivity contribution in [3.8, 4) is 0 Å². The summed E-state index contributed by atoms with van der Waals surface area (Å²) < 4.78 is 17.9. The van der Waals surface area contributed by atoms with Crippen LogP contribution in [0.2, 0.25) is 0 Å². The van der Waals surface area contributed by atoms with Crippen LogP contribution < -0.4 is 5.46 Å². The topological polar surface area (TPSA) is 27.7 Å². The number of thioether (sulfide) groups is 1. The Morgan fingerprint density at radius 2 is 1.77 bits per heavy atom. The first kappa shape index (κ1) is 17.9. The van der Waals surface area contributed by atoms with E-state index in [4.69, 9.17) is 14.0 Å². The maximum absolute atomic E-state index is 6.00. The van der Waals surface area contributed by atoms with Gasteiger partial charge < -0.3 is 14.0 Å². The summed E-state index contributed by atoms with van der Waals surface area (Å²) in [6.45, 7) is 9.02. The summed E-state index contributed by atoms with van der Waals surface area (Å²) in [6, 6.07) is 8.34. The highest BCUT2D eigenvalue weighted by atomic mass is 32.2. The second-order valence-corrected chi connectivity index (χ2v) is 7.35. The van der Waals surface area contributed by atoms with E-state index in [2.05, 4.69) is 18.2 Å². The summed E-state index contributed by atoms with van der Waals surface area (Å²) in [5.41, 5.74) is 1.35. The number of hydrogen-bond donors (Lipinski definition) is 0. The molecular weight excluding hydrogens is 295 g/mol. The van der Waals surface area contributed by atoms with E-state index in [0.717, 1.165) is 18.5 Å². The van der Waals surface area contributed by atoms with Crippen molar-refractivity contribution in [2.45, 2.75) is 69.5 Å². The Hall–Kier alpha value is -0.485. The molecule has 1 atom stereocenters. The van der Waals surface area contributed by atoms with E-state index in [9.17, 15) is 0 Å². The highest BCUT2D eigenvalue weighted by molar-refractivity contribution is 8.00. The molecule has 1 saturated heterocycles. The average molecular weight is 322 g/mol. The number of rotatable bonds is 7. The van der Waals surface area contributed by atoms with Crippen molar-refractivity contribution < 1.29 is 14.0 Å². The van der Waals surface area contributed by atoms with E-state index >= 15 is 0 Å². The van der Waals surface area contributed by atoms with Crippen LogP contribution in [-0.4, -0.2) is 31.4 Å². The molecule has 0 N–H and O–H groups in total. The van der Waals surface area contributed by atoms with Crippen LogP contribution in [0.15, 0.2) is 29.2 Å². The molecule has 2 rings (SSSR count). The molecule has 0 radical (unpaired) electrons. The molecule has 0 aromatic heterocycles. The molecular formula is C17H27BO3S. The molecule has 1 unspecified atom stereocenters. The summed E-state index contributed by atoms with van der Waals surface area (Å²) in [6.07, 6.45) is 3.77. The first-order valence-electron chi connectivity index (χ1n) is 8.24. The van der Waals surface area contributed by atoms with E-state index in [1.807, 2.05) is 33.8 Å². The Labute approximate surface area is 139 Å².